The van der Waals surface area contributed by atoms with E-state index in [1.807, 2.05) is 6.07 Å². The Bertz CT molecular complexity index is 1250. The summed E-state index contributed by atoms with van der Waals surface area (Å²) in [5, 5.41) is 5.82. The van der Waals surface area contributed by atoms with Crippen LogP contribution in [0.4, 0.5) is 17.1 Å². The van der Waals surface area contributed by atoms with Crippen LogP contribution in [0.15, 0.2) is 72.8 Å². The van der Waals surface area contributed by atoms with E-state index in [1.54, 1.807) is 66.7 Å². The lowest BCUT2D eigenvalue weighted by atomic mass is 10.1. The van der Waals surface area contributed by atoms with Crippen LogP contribution in [0, 0.1) is 0 Å². The second-order valence-electron chi connectivity index (χ2n) is 6.90. The van der Waals surface area contributed by atoms with Gasteiger partial charge >= 0.3 is 0 Å². The van der Waals surface area contributed by atoms with E-state index in [9.17, 15) is 18.0 Å². The maximum atomic E-state index is 12.6. The van der Waals surface area contributed by atoms with Crippen molar-refractivity contribution in [2.24, 2.45) is 0 Å². The van der Waals surface area contributed by atoms with Gasteiger partial charge in [0.1, 0.15) is 0 Å². The Morgan fingerprint density at radius 3 is 2.10 bits per heavy atom. The Hall–Kier alpha value is -3.36. The number of carbonyl (C=O) groups excluding carboxylic acids is 2. The summed E-state index contributed by atoms with van der Waals surface area (Å²) in [6.45, 7) is 0.441. The molecule has 4 rings (SSSR count). The van der Waals surface area contributed by atoms with Gasteiger partial charge in [-0.2, -0.15) is 0 Å². The summed E-state index contributed by atoms with van der Waals surface area (Å²) in [5.41, 5.74) is 2.20. The number of hydrogen-bond acceptors (Lipinski definition) is 4. The van der Waals surface area contributed by atoms with Gasteiger partial charge in [0.05, 0.1) is 22.2 Å². The second kappa shape index (κ2) is 8.41. The summed E-state index contributed by atoms with van der Waals surface area (Å²) in [5.74, 6) is -0.558. The third-order valence-corrected chi connectivity index (χ3v) is 6.91. The highest BCUT2D eigenvalue weighted by atomic mass is 35.5. The van der Waals surface area contributed by atoms with Gasteiger partial charge in [-0.1, -0.05) is 29.8 Å². The predicted molar refractivity (Wildman–Crippen MR) is 121 cm³/mol. The van der Waals surface area contributed by atoms with Crippen LogP contribution in [0.3, 0.4) is 0 Å². The van der Waals surface area contributed by atoms with Crippen LogP contribution in [-0.2, 0) is 10.0 Å². The number of rotatable bonds is 5. The molecule has 1 saturated heterocycles. The molecule has 0 aliphatic carbocycles. The van der Waals surface area contributed by atoms with Crippen molar-refractivity contribution in [2.45, 2.75) is 0 Å². The third-order valence-electron chi connectivity index (χ3n) is 4.81. The average molecular weight is 456 g/mol. The number of nitrogens with one attached hydrogen (secondary N) is 2. The van der Waals surface area contributed by atoms with Crippen molar-refractivity contribution >= 4 is 50.5 Å². The standard InChI is InChI=1S/C22H18ClN3O4S/c23-19-11-8-17(14-20(19)25-22(28)15-4-2-1-3-5-15)24-21(27)16-6-9-18(10-7-16)26-12-13-31(26,29)30/h1-11,14H,12-13H2,(H,24,27)(H,25,28). The Balaban J connectivity index is 1.46. The van der Waals surface area contributed by atoms with E-state index >= 15 is 0 Å². The SMILES string of the molecule is O=C(Nc1ccc(Cl)c(NC(=O)c2ccccc2)c1)c1ccc(N2CCS2(=O)=O)cc1. The maximum Gasteiger partial charge on any atom is 0.255 e. The molecule has 0 radical (unpaired) electrons. The molecule has 0 aromatic heterocycles. The van der Waals surface area contributed by atoms with Gasteiger partial charge in [0, 0.05) is 23.4 Å². The smallest absolute Gasteiger partial charge is 0.255 e. The first kappa shape index (κ1) is 20.9. The van der Waals surface area contributed by atoms with E-state index in [-0.39, 0.29) is 17.6 Å². The van der Waals surface area contributed by atoms with Crippen LogP contribution in [-0.4, -0.2) is 32.5 Å². The molecular formula is C22H18ClN3O4S. The molecule has 31 heavy (non-hydrogen) atoms. The van der Waals surface area contributed by atoms with Gasteiger partial charge in [0.25, 0.3) is 11.8 Å². The molecule has 1 fully saturated rings. The van der Waals surface area contributed by atoms with Gasteiger partial charge in [-0.05, 0) is 54.6 Å². The van der Waals surface area contributed by atoms with Gasteiger partial charge < -0.3 is 10.6 Å². The lowest BCUT2D eigenvalue weighted by molar-refractivity contribution is 0.101. The van der Waals surface area contributed by atoms with Crippen molar-refractivity contribution in [1.82, 2.24) is 0 Å². The maximum absolute atomic E-state index is 12.6. The Morgan fingerprint density at radius 2 is 1.48 bits per heavy atom. The highest BCUT2D eigenvalue weighted by Crippen LogP contribution is 2.27. The van der Waals surface area contributed by atoms with Crippen molar-refractivity contribution in [3.05, 3.63) is 88.9 Å². The van der Waals surface area contributed by atoms with Crippen LogP contribution in [0.2, 0.25) is 5.02 Å². The molecule has 0 spiro atoms. The van der Waals surface area contributed by atoms with E-state index in [1.165, 1.54) is 4.31 Å². The minimum atomic E-state index is -3.21. The zero-order valence-corrected chi connectivity index (χ0v) is 17.8. The van der Waals surface area contributed by atoms with E-state index in [0.29, 0.717) is 39.8 Å². The summed E-state index contributed by atoms with van der Waals surface area (Å²) >= 11 is 6.19. The number of carbonyl (C=O) groups is 2. The third kappa shape index (κ3) is 4.55. The summed E-state index contributed by atoms with van der Waals surface area (Å²) in [6.07, 6.45) is 0. The molecule has 3 aromatic carbocycles. The quantitative estimate of drug-likeness (QED) is 0.608. The number of anilines is 3. The number of benzene rings is 3. The first-order chi connectivity index (χ1) is 14.8. The van der Waals surface area contributed by atoms with Crippen molar-refractivity contribution < 1.29 is 18.0 Å². The monoisotopic (exact) mass is 455 g/mol. The normalized spacial score (nSPS) is 14.4. The molecule has 158 valence electrons. The lowest BCUT2D eigenvalue weighted by Crippen LogP contribution is -2.47. The molecule has 0 atom stereocenters. The summed E-state index contributed by atoms with van der Waals surface area (Å²) in [6, 6.07) is 19.8. The fraction of sp³-hybridized carbons (Fsp3) is 0.0909. The Kier molecular flexibility index (Phi) is 5.67. The molecule has 0 bridgehead atoms. The molecule has 3 aromatic rings. The molecule has 2 N–H and O–H groups in total. The van der Waals surface area contributed by atoms with Crippen LogP contribution in [0.5, 0.6) is 0 Å². The second-order valence-corrected chi connectivity index (χ2v) is 9.32. The van der Waals surface area contributed by atoms with Crippen LogP contribution < -0.4 is 14.9 Å². The number of halogens is 1. The van der Waals surface area contributed by atoms with Crippen molar-refractivity contribution in [2.75, 3.05) is 27.2 Å². The molecule has 9 heteroatoms. The number of sulfonamides is 1. The number of amides is 2. The van der Waals surface area contributed by atoms with E-state index < -0.39 is 10.0 Å². The van der Waals surface area contributed by atoms with Gasteiger partial charge in [-0.3, -0.25) is 13.9 Å². The van der Waals surface area contributed by atoms with Crippen molar-refractivity contribution in [3.63, 3.8) is 0 Å². The Labute approximate surface area is 184 Å². The zero-order chi connectivity index (χ0) is 22.0. The predicted octanol–water partition coefficient (Wildman–Crippen LogP) is 3.99. The highest BCUT2D eigenvalue weighted by molar-refractivity contribution is 7.94. The number of hydrogen-bond donors (Lipinski definition) is 2. The molecule has 1 heterocycles. The van der Waals surface area contributed by atoms with Crippen molar-refractivity contribution in [1.29, 1.82) is 0 Å². The van der Waals surface area contributed by atoms with Crippen molar-refractivity contribution in [3.8, 4) is 0 Å². The Morgan fingerprint density at radius 1 is 0.839 bits per heavy atom. The van der Waals surface area contributed by atoms with E-state index in [0.717, 1.165) is 0 Å². The molecule has 1 aliphatic heterocycles. The molecule has 1 aliphatic rings. The summed E-state index contributed by atoms with van der Waals surface area (Å²) in [4.78, 5) is 25.0. The fourth-order valence-corrected chi connectivity index (χ4v) is 4.36. The van der Waals surface area contributed by atoms with Crippen LogP contribution in [0.1, 0.15) is 20.7 Å². The average Bonchev–Trinajstić information content (AvgIpc) is 2.76. The summed E-state index contributed by atoms with van der Waals surface area (Å²) < 4.78 is 24.7. The van der Waals surface area contributed by atoms with E-state index in [2.05, 4.69) is 10.6 Å². The van der Waals surface area contributed by atoms with Crippen LogP contribution >= 0.6 is 11.6 Å². The largest absolute Gasteiger partial charge is 0.322 e. The molecule has 0 saturated carbocycles. The first-order valence-electron chi connectivity index (χ1n) is 9.41. The lowest BCUT2D eigenvalue weighted by Gasteiger charge is -2.32. The minimum Gasteiger partial charge on any atom is -0.322 e. The first-order valence-corrected chi connectivity index (χ1v) is 11.4. The minimum absolute atomic E-state index is 0.134. The van der Waals surface area contributed by atoms with E-state index in [4.69, 9.17) is 11.6 Å². The van der Waals surface area contributed by atoms with Gasteiger partial charge in [-0.25, -0.2) is 8.42 Å². The van der Waals surface area contributed by atoms with Crippen LogP contribution in [0.25, 0.3) is 0 Å². The molecule has 7 nitrogen and oxygen atoms in total. The zero-order valence-electron chi connectivity index (χ0n) is 16.2. The number of nitrogens with zero attached hydrogens (tertiary/aromatic N) is 1. The van der Waals surface area contributed by atoms with Gasteiger partial charge in [0.15, 0.2) is 0 Å². The fourth-order valence-electron chi connectivity index (χ4n) is 3.09. The summed E-state index contributed by atoms with van der Waals surface area (Å²) in [7, 11) is -3.21. The van der Waals surface area contributed by atoms with Gasteiger partial charge in [0.2, 0.25) is 10.0 Å². The highest BCUT2D eigenvalue weighted by Gasteiger charge is 2.32. The molecule has 0 unspecified atom stereocenters. The molecule has 2 amide bonds. The van der Waals surface area contributed by atoms with Gasteiger partial charge in [-0.15, -0.1) is 0 Å². The topological polar surface area (TPSA) is 95.6 Å². The molecular weight excluding hydrogens is 438 g/mol.